The number of nitrogens with two attached hydrogens (primary N) is 1. The molecule has 1 amide bonds. The summed E-state index contributed by atoms with van der Waals surface area (Å²) in [6.07, 6.45) is 0.212. The minimum absolute atomic E-state index is 0.212. The zero-order valence-electron chi connectivity index (χ0n) is 10.6. The lowest BCUT2D eigenvalue weighted by atomic mass is 10.1. The van der Waals surface area contributed by atoms with Gasteiger partial charge in [0, 0.05) is 5.69 Å². The van der Waals surface area contributed by atoms with Crippen molar-refractivity contribution in [3.05, 3.63) is 29.8 Å². The van der Waals surface area contributed by atoms with E-state index in [1.165, 1.54) is 0 Å². The molecule has 1 rings (SSSR count). The predicted octanol–water partition coefficient (Wildman–Crippen LogP) is 0.879. The number of hydrogen-bond donors (Lipinski definition) is 2. The van der Waals surface area contributed by atoms with E-state index in [0.29, 0.717) is 12.3 Å². The van der Waals surface area contributed by atoms with Crippen molar-refractivity contribution in [2.45, 2.75) is 26.3 Å². The minimum atomic E-state index is -0.633. The normalized spacial score (nSPS) is 11.7. The van der Waals surface area contributed by atoms with Crippen molar-refractivity contribution in [2.75, 3.05) is 12.3 Å². The van der Waals surface area contributed by atoms with Gasteiger partial charge >= 0.3 is 5.97 Å². The summed E-state index contributed by atoms with van der Waals surface area (Å²) in [4.78, 5) is 23.0. The zero-order chi connectivity index (χ0) is 13.5. The monoisotopic (exact) mass is 250 g/mol. The van der Waals surface area contributed by atoms with E-state index in [1.54, 1.807) is 38.1 Å². The molecule has 0 heterocycles. The Kier molecular flexibility index (Phi) is 5.17. The average molecular weight is 250 g/mol. The van der Waals surface area contributed by atoms with E-state index in [2.05, 4.69) is 5.32 Å². The summed E-state index contributed by atoms with van der Waals surface area (Å²) in [6.45, 7) is 3.62. The molecule has 0 spiro atoms. The molecular formula is C13H18N2O3. The van der Waals surface area contributed by atoms with Crippen molar-refractivity contribution in [3.63, 3.8) is 0 Å². The summed E-state index contributed by atoms with van der Waals surface area (Å²) in [5, 5.41) is 2.58. The topological polar surface area (TPSA) is 81.4 Å². The van der Waals surface area contributed by atoms with E-state index in [9.17, 15) is 9.59 Å². The van der Waals surface area contributed by atoms with Gasteiger partial charge in [-0.3, -0.25) is 4.79 Å². The van der Waals surface area contributed by atoms with Gasteiger partial charge in [0.1, 0.15) is 6.04 Å². The van der Waals surface area contributed by atoms with Crippen LogP contribution in [0.4, 0.5) is 5.69 Å². The van der Waals surface area contributed by atoms with Gasteiger partial charge in [-0.05, 0) is 31.5 Å². The third-order valence-corrected chi connectivity index (χ3v) is 2.36. The molecule has 18 heavy (non-hydrogen) atoms. The van der Waals surface area contributed by atoms with E-state index in [4.69, 9.17) is 10.5 Å². The van der Waals surface area contributed by atoms with Gasteiger partial charge in [0.05, 0.1) is 13.0 Å². The number of esters is 1. The Morgan fingerprint density at radius 1 is 1.33 bits per heavy atom. The fraction of sp³-hybridized carbons (Fsp3) is 0.385. The van der Waals surface area contributed by atoms with Crippen molar-refractivity contribution in [1.82, 2.24) is 5.32 Å². The van der Waals surface area contributed by atoms with Crippen LogP contribution in [0.1, 0.15) is 19.4 Å². The molecule has 1 aromatic rings. The van der Waals surface area contributed by atoms with Crippen molar-refractivity contribution < 1.29 is 14.3 Å². The van der Waals surface area contributed by atoms with Crippen LogP contribution in [-0.4, -0.2) is 24.5 Å². The van der Waals surface area contributed by atoms with Crippen LogP contribution < -0.4 is 11.1 Å². The van der Waals surface area contributed by atoms with Gasteiger partial charge in [-0.2, -0.15) is 0 Å². The summed E-state index contributed by atoms with van der Waals surface area (Å²) < 4.78 is 4.80. The standard InChI is InChI=1S/C13H18N2O3/c1-3-18-13(17)9(2)15-12(16)8-10-4-6-11(14)7-5-10/h4-7,9H,3,8,14H2,1-2H3,(H,15,16). The van der Waals surface area contributed by atoms with Crippen LogP contribution >= 0.6 is 0 Å². The molecule has 0 radical (unpaired) electrons. The highest BCUT2D eigenvalue weighted by molar-refractivity contribution is 5.85. The molecule has 0 aliphatic rings. The van der Waals surface area contributed by atoms with Gasteiger partial charge in [-0.25, -0.2) is 4.79 Å². The third kappa shape index (κ3) is 4.45. The van der Waals surface area contributed by atoms with Crippen LogP contribution in [0.2, 0.25) is 0 Å². The highest BCUT2D eigenvalue weighted by Crippen LogP contribution is 2.06. The first-order valence-electron chi connectivity index (χ1n) is 5.83. The number of amides is 1. The van der Waals surface area contributed by atoms with E-state index < -0.39 is 12.0 Å². The molecule has 0 fully saturated rings. The van der Waals surface area contributed by atoms with Crippen LogP contribution in [0.15, 0.2) is 24.3 Å². The molecule has 5 nitrogen and oxygen atoms in total. The fourth-order valence-corrected chi connectivity index (χ4v) is 1.44. The van der Waals surface area contributed by atoms with Crippen molar-refractivity contribution in [1.29, 1.82) is 0 Å². The summed E-state index contributed by atoms with van der Waals surface area (Å²) in [5.74, 6) is -0.650. The molecule has 5 heteroatoms. The summed E-state index contributed by atoms with van der Waals surface area (Å²) in [6, 6.07) is 6.40. The summed E-state index contributed by atoms with van der Waals surface area (Å²) in [7, 11) is 0. The second-order valence-corrected chi connectivity index (χ2v) is 3.96. The van der Waals surface area contributed by atoms with Gasteiger partial charge in [0.15, 0.2) is 0 Å². The fourth-order valence-electron chi connectivity index (χ4n) is 1.44. The molecule has 1 unspecified atom stereocenters. The molecule has 1 aromatic carbocycles. The first-order valence-corrected chi connectivity index (χ1v) is 5.83. The maximum absolute atomic E-state index is 11.7. The first-order chi connectivity index (χ1) is 8.52. The largest absolute Gasteiger partial charge is 0.464 e. The quantitative estimate of drug-likeness (QED) is 0.600. The molecular weight excluding hydrogens is 232 g/mol. The molecule has 1 atom stereocenters. The Hall–Kier alpha value is -2.04. The van der Waals surface area contributed by atoms with Gasteiger partial charge in [0.25, 0.3) is 0 Å². The number of anilines is 1. The zero-order valence-corrected chi connectivity index (χ0v) is 10.6. The molecule has 0 aliphatic heterocycles. The third-order valence-electron chi connectivity index (χ3n) is 2.36. The maximum Gasteiger partial charge on any atom is 0.328 e. The number of nitrogen functional groups attached to an aromatic ring is 1. The second-order valence-electron chi connectivity index (χ2n) is 3.96. The predicted molar refractivity (Wildman–Crippen MR) is 68.8 cm³/mol. The van der Waals surface area contributed by atoms with Crippen molar-refractivity contribution in [2.24, 2.45) is 0 Å². The van der Waals surface area contributed by atoms with E-state index in [0.717, 1.165) is 5.56 Å². The van der Waals surface area contributed by atoms with Crippen LogP contribution in [0.25, 0.3) is 0 Å². The second kappa shape index (κ2) is 6.64. The Bertz CT molecular complexity index is 415. The van der Waals surface area contributed by atoms with Crippen LogP contribution in [-0.2, 0) is 20.7 Å². The van der Waals surface area contributed by atoms with Gasteiger partial charge in [-0.15, -0.1) is 0 Å². The molecule has 3 N–H and O–H groups in total. The van der Waals surface area contributed by atoms with E-state index in [1.807, 2.05) is 0 Å². The number of carbonyl (C=O) groups is 2. The highest BCUT2D eigenvalue weighted by Gasteiger charge is 2.16. The Morgan fingerprint density at radius 3 is 2.50 bits per heavy atom. The van der Waals surface area contributed by atoms with Gasteiger partial charge < -0.3 is 15.8 Å². The summed E-state index contributed by atoms with van der Waals surface area (Å²) in [5.41, 5.74) is 7.05. The van der Waals surface area contributed by atoms with Crippen LogP contribution in [0.3, 0.4) is 0 Å². The number of nitrogens with one attached hydrogen (secondary N) is 1. The number of ether oxygens (including phenoxy) is 1. The van der Waals surface area contributed by atoms with Crippen molar-refractivity contribution in [3.8, 4) is 0 Å². The van der Waals surface area contributed by atoms with Crippen LogP contribution in [0, 0.1) is 0 Å². The Balaban J connectivity index is 2.46. The molecule has 0 aromatic heterocycles. The van der Waals surface area contributed by atoms with E-state index >= 15 is 0 Å². The lowest BCUT2D eigenvalue weighted by Gasteiger charge is -2.12. The average Bonchev–Trinajstić information content (AvgIpc) is 2.32. The van der Waals surface area contributed by atoms with Crippen LogP contribution in [0.5, 0.6) is 0 Å². The number of carbonyl (C=O) groups excluding carboxylic acids is 2. The number of benzene rings is 1. The Morgan fingerprint density at radius 2 is 1.94 bits per heavy atom. The van der Waals surface area contributed by atoms with E-state index in [-0.39, 0.29) is 12.3 Å². The highest BCUT2D eigenvalue weighted by atomic mass is 16.5. The molecule has 0 aliphatic carbocycles. The first kappa shape index (κ1) is 14.0. The Labute approximate surface area is 106 Å². The molecule has 0 saturated carbocycles. The lowest BCUT2D eigenvalue weighted by molar-refractivity contribution is -0.146. The minimum Gasteiger partial charge on any atom is -0.464 e. The molecule has 0 saturated heterocycles. The number of rotatable bonds is 5. The smallest absolute Gasteiger partial charge is 0.328 e. The molecule has 0 bridgehead atoms. The SMILES string of the molecule is CCOC(=O)C(C)NC(=O)Cc1ccc(N)cc1. The van der Waals surface area contributed by atoms with Crippen molar-refractivity contribution >= 4 is 17.6 Å². The van der Waals surface area contributed by atoms with Gasteiger partial charge in [0.2, 0.25) is 5.91 Å². The summed E-state index contributed by atoms with van der Waals surface area (Å²) >= 11 is 0. The maximum atomic E-state index is 11.7. The lowest BCUT2D eigenvalue weighted by Crippen LogP contribution is -2.40. The van der Waals surface area contributed by atoms with Gasteiger partial charge in [-0.1, -0.05) is 12.1 Å². The number of hydrogen-bond acceptors (Lipinski definition) is 4. The molecule has 98 valence electrons.